The Morgan fingerprint density at radius 2 is 1.81 bits per heavy atom. The fraction of sp³-hybridized carbons (Fsp3) is 0.500. The maximum Gasteiger partial charge on any atom is 0.335 e. The van der Waals surface area contributed by atoms with Crippen LogP contribution < -0.4 is 0 Å². The third-order valence-corrected chi connectivity index (χ3v) is 6.12. The van der Waals surface area contributed by atoms with E-state index in [9.17, 15) is 45.3 Å². The number of aliphatic carboxylic acids is 1. The van der Waals surface area contributed by atoms with Gasteiger partial charge in [0, 0.05) is 17.9 Å². The van der Waals surface area contributed by atoms with Gasteiger partial charge in [0.15, 0.2) is 17.8 Å². The van der Waals surface area contributed by atoms with Crippen molar-refractivity contribution in [1.29, 1.82) is 0 Å². The van der Waals surface area contributed by atoms with Crippen LogP contribution >= 0.6 is 0 Å². The number of aromatic hydroxyl groups is 2. The van der Waals surface area contributed by atoms with E-state index in [1.807, 2.05) is 0 Å². The molecule has 1 aromatic rings. The van der Waals surface area contributed by atoms with Gasteiger partial charge in [-0.15, -0.1) is 0 Å². The summed E-state index contributed by atoms with van der Waals surface area (Å²) < 4.78 is 21.6. The average Bonchev–Trinajstić information content (AvgIpc) is 2.86. The number of phenolic OH excluding ortho intramolecular Hbond substituents is 2. The Labute approximate surface area is 211 Å². The summed E-state index contributed by atoms with van der Waals surface area (Å²) in [6.07, 6.45) is -6.90. The summed E-state index contributed by atoms with van der Waals surface area (Å²) in [5, 5.41) is 68.1. The molecule has 1 saturated heterocycles. The third kappa shape index (κ3) is 6.57. The summed E-state index contributed by atoms with van der Waals surface area (Å²) in [4.78, 5) is 24.4. The summed E-state index contributed by atoms with van der Waals surface area (Å²) in [5.41, 5.74) is 0.557. The van der Waals surface area contributed by atoms with Crippen LogP contribution in [0, 0.1) is 5.92 Å². The number of carbonyl (C=O) groups excluding carboxylic acids is 1. The molecule has 7 N–H and O–H groups in total. The molecule has 0 radical (unpaired) electrons. The van der Waals surface area contributed by atoms with Crippen molar-refractivity contribution in [3.63, 3.8) is 0 Å². The summed E-state index contributed by atoms with van der Waals surface area (Å²) in [7, 11) is 0. The molecule has 204 valence electrons. The quantitative estimate of drug-likeness (QED) is 0.120. The highest BCUT2D eigenvalue weighted by Gasteiger charge is 2.46. The van der Waals surface area contributed by atoms with Gasteiger partial charge in [-0.3, -0.25) is 4.79 Å². The lowest BCUT2D eigenvalue weighted by Gasteiger charge is -2.41. The first kappa shape index (κ1) is 28.4. The molecule has 13 heteroatoms. The number of hydrogen-bond donors (Lipinski definition) is 7. The number of benzene rings is 1. The minimum absolute atomic E-state index is 0.0750. The third-order valence-electron chi connectivity index (χ3n) is 6.12. The van der Waals surface area contributed by atoms with Gasteiger partial charge in [-0.2, -0.15) is 0 Å². The van der Waals surface area contributed by atoms with E-state index < -0.39 is 67.9 Å². The Kier molecular flexibility index (Phi) is 9.48. The second-order valence-electron chi connectivity index (χ2n) is 8.52. The van der Waals surface area contributed by atoms with E-state index in [-0.39, 0.29) is 35.7 Å². The lowest BCUT2D eigenvalue weighted by Crippen LogP contribution is -2.60. The van der Waals surface area contributed by atoms with Crippen LogP contribution in [0.4, 0.5) is 0 Å². The first-order chi connectivity index (χ1) is 17.6. The van der Waals surface area contributed by atoms with Gasteiger partial charge in [0.25, 0.3) is 0 Å². The highest BCUT2D eigenvalue weighted by molar-refractivity contribution is 5.89. The highest BCUT2D eigenvalue weighted by Crippen LogP contribution is 2.36. The van der Waals surface area contributed by atoms with E-state index >= 15 is 0 Å². The van der Waals surface area contributed by atoms with Crippen molar-refractivity contribution in [2.75, 3.05) is 13.2 Å². The molecular weight excluding hydrogens is 496 g/mol. The van der Waals surface area contributed by atoms with Gasteiger partial charge in [0.2, 0.25) is 6.29 Å². The van der Waals surface area contributed by atoms with E-state index in [2.05, 4.69) is 0 Å². The molecule has 2 aliphatic heterocycles. The predicted molar refractivity (Wildman–Crippen MR) is 122 cm³/mol. The zero-order chi connectivity index (χ0) is 27.3. The van der Waals surface area contributed by atoms with Crippen LogP contribution in [0.5, 0.6) is 11.5 Å². The van der Waals surface area contributed by atoms with Gasteiger partial charge in [0.1, 0.15) is 24.4 Å². The second kappa shape index (κ2) is 12.4. The van der Waals surface area contributed by atoms with Gasteiger partial charge in [-0.25, -0.2) is 4.79 Å². The summed E-state index contributed by atoms with van der Waals surface area (Å²) in [5.74, 6) is -3.70. The first-order valence-electron chi connectivity index (χ1n) is 11.4. The maximum absolute atomic E-state index is 12.6. The molecule has 2 aliphatic rings. The van der Waals surface area contributed by atoms with Crippen molar-refractivity contribution in [2.24, 2.45) is 5.92 Å². The van der Waals surface area contributed by atoms with Gasteiger partial charge in [0.05, 0.1) is 31.5 Å². The highest BCUT2D eigenvalue weighted by atomic mass is 16.8. The number of carboxylic acid groups (broad SMARTS) is 1. The molecule has 13 nitrogen and oxygen atoms in total. The number of allylic oxidation sites excluding steroid dienone is 1. The molecule has 2 heterocycles. The molecule has 1 unspecified atom stereocenters. The Bertz CT molecular complexity index is 1030. The number of ether oxygens (including phenoxy) is 4. The molecule has 0 aliphatic carbocycles. The van der Waals surface area contributed by atoms with Crippen molar-refractivity contribution in [1.82, 2.24) is 0 Å². The van der Waals surface area contributed by atoms with Gasteiger partial charge in [-0.1, -0.05) is 12.1 Å². The first-order valence-corrected chi connectivity index (χ1v) is 11.4. The van der Waals surface area contributed by atoms with Gasteiger partial charge >= 0.3 is 11.9 Å². The monoisotopic (exact) mass is 526 g/mol. The Hall–Kier alpha value is -3.20. The molecule has 0 aromatic heterocycles. The van der Waals surface area contributed by atoms with E-state index in [1.165, 1.54) is 18.2 Å². The number of phenols is 2. The zero-order valence-corrected chi connectivity index (χ0v) is 19.8. The van der Waals surface area contributed by atoms with Crippen LogP contribution in [0.2, 0.25) is 0 Å². The van der Waals surface area contributed by atoms with Crippen molar-refractivity contribution in [3.8, 4) is 11.5 Å². The standard InChI is InChI=1S/C24H30O13/c1-2-12-13(8-18(28)34-6-5-11-3-4-15(26)16(27)7-11)14(22(32)33)10-35-23(12)37-24-21(31)20(30)19(29)17(9-25)36-24/h2-4,7,10,13,17,19-21,23-27,29-31H,5-6,8-9H2,1H3,(H,32,33)/b12-2+/t13-,17+,19+,20-,21+,23-,24?/m0/s1. The van der Waals surface area contributed by atoms with Crippen LogP contribution in [0.3, 0.4) is 0 Å². The molecule has 0 spiro atoms. The van der Waals surface area contributed by atoms with Crippen LogP contribution in [0.15, 0.2) is 41.7 Å². The Morgan fingerprint density at radius 3 is 2.43 bits per heavy atom. The number of carbonyl (C=O) groups is 2. The molecule has 37 heavy (non-hydrogen) atoms. The van der Waals surface area contributed by atoms with E-state index in [0.29, 0.717) is 5.56 Å². The van der Waals surface area contributed by atoms with E-state index in [0.717, 1.165) is 6.26 Å². The van der Waals surface area contributed by atoms with Crippen molar-refractivity contribution >= 4 is 11.9 Å². The fourth-order valence-electron chi connectivity index (χ4n) is 4.05. The minimum atomic E-state index is -1.72. The molecule has 0 amide bonds. The smallest absolute Gasteiger partial charge is 0.335 e. The number of esters is 1. The number of carboxylic acids is 1. The fourth-order valence-corrected chi connectivity index (χ4v) is 4.05. The Morgan fingerprint density at radius 1 is 1.08 bits per heavy atom. The molecular formula is C24H30O13. The van der Waals surface area contributed by atoms with Crippen LogP contribution in [0.25, 0.3) is 0 Å². The SMILES string of the molecule is C/C=C1/[C@H](OC2O[C@H](CO)[C@@H](O)[C@H](O)[C@H]2O)OC=C(C(=O)O)[C@H]1CC(=O)OCCc1ccc(O)c(O)c1. The topological polar surface area (TPSA) is 213 Å². The molecule has 0 saturated carbocycles. The van der Waals surface area contributed by atoms with Gasteiger partial charge in [-0.05, 0) is 24.6 Å². The van der Waals surface area contributed by atoms with Gasteiger partial charge < -0.3 is 54.7 Å². The second-order valence-corrected chi connectivity index (χ2v) is 8.52. The lowest BCUT2D eigenvalue weighted by molar-refractivity contribution is -0.327. The number of hydrogen-bond acceptors (Lipinski definition) is 12. The summed E-state index contributed by atoms with van der Waals surface area (Å²) >= 11 is 0. The van der Waals surface area contributed by atoms with Crippen LogP contribution in [-0.4, -0.2) is 97.9 Å². The van der Waals surface area contributed by atoms with E-state index in [1.54, 1.807) is 13.0 Å². The number of aliphatic hydroxyl groups is 4. The number of aliphatic hydroxyl groups excluding tert-OH is 4. The zero-order valence-electron chi connectivity index (χ0n) is 19.8. The molecule has 7 atom stereocenters. The molecule has 1 aromatic carbocycles. The van der Waals surface area contributed by atoms with Crippen LogP contribution in [0.1, 0.15) is 18.9 Å². The van der Waals surface area contributed by atoms with Crippen LogP contribution in [-0.2, 0) is 35.0 Å². The Balaban J connectivity index is 1.68. The van der Waals surface area contributed by atoms with E-state index in [4.69, 9.17) is 18.9 Å². The minimum Gasteiger partial charge on any atom is -0.504 e. The summed E-state index contributed by atoms with van der Waals surface area (Å²) in [6.45, 7) is 0.811. The molecule has 3 rings (SSSR count). The largest absolute Gasteiger partial charge is 0.504 e. The van der Waals surface area contributed by atoms with Crippen molar-refractivity contribution < 1.29 is 64.3 Å². The average molecular weight is 526 g/mol. The predicted octanol–water partition coefficient (Wildman–Crippen LogP) is -0.723. The number of rotatable bonds is 9. The van der Waals surface area contributed by atoms with Crippen molar-refractivity contribution in [2.45, 2.75) is 56.8 Å². The summed E-state index contributed by atoms with van der Waals surface area (Å²) in [6, 6.07) is 4.17. The lowest BCUT2D eigenvalue weighted by atomic mass is 9.86. The van der Waals surface area contributed by atoms with Crippen molar-refractivity contribution in [3.05, 3.63) is 47.2 Å². The molecule has 0 bridgehead atoms. The normalized spacial score (nSPS) is 30.9. The molecule has 1 fully saturated rings. The maximum atomic E-state index is 12.6.